The predicted octanol–water partition coefficient (Wildman–Crippen LogP) is 1.13. The molecular formula is C14H15BO5. The molecule has 0 heterocycles. The van der Waals surface area contributed by atoms with E-state index < -0.39 is 24.0 Å². The lowest BCUT2D eigenvalue weighted by molar-refractivity contribution is -0.136. The third kappa shape index (κ3) is 3.26. The molecule has 0 bridgehead atoms. The summed E-state index contributed by atoms with van der Waals surface area (Å²) in [6.45, 7) is 0.0179. The molecule has 1 saturated carbocycles. The van der Waals surface area contributed by atoms with Crippen LogP contribution in [0.1, 0.15) is 16.8 Å². The predicted molar refractivity (Wildman–Crippen MR) is 71.5 cm³/mol. The van der Waals surface area contributed by atoms with Crippen LogP contribution in [0.4, 0.5) is 0 Å². The molecule has 0 aliphatic heterocycles. The Balaban J connectivity index is 2.05. The third-order valence-electron chi connectivity index (χ3n) is 3.11. The van der Waals surface area contributed by atoms with Crippen molar-refractivity contribution in [3.63, 3.8) is 0 Å². The van der Waals surface area contributed by atoms with E-state index in [0.29, 0.717) is 12.0 Å². The van der Waals surface area contributed by atoms with E-state index in [1.807, 2.05) is 0 Å². The molecule has 5 nitrogen and oxygen atoms in total. The van der Waals surface area contributed by atoms with Crippen LogP contribution < -0.4 is 0 Å². The first-order valence-corrected chi connectivity index (χ1v) is 6.29. The van der Waals surface area contributed by atoms with Gasteiger partial charge in [-0.25, -0.2) is 4.79 Å². The van der Waals surface area contributed by atoms with Gasteiger partial charge in [-0.15, -0.1) is 0 Å². The van der Waals surface area contributed by atoms with E-state index in [9.17, 15) is 9.59 Å². The minimum atomic E-state index is -0.979. The fourth-order valence-corrected chi connectivity index (χ4v) is 2.09. The highest BCUT2D eigenvalue weighted by Gasteiger charge is 2.43. The van der Waals surface area contributed by atoms with Crippen molar-refractivity contribution in [1.82, 2.24) is 0 Å². The summed E-state index contributed by atoms with van der Waals surface area (Å²) in [5.41, 5.74) is 0.381. The first kappa shape index (κ1) is 14.7. The molecule has 104 valence electrons. The summed E-state index contributed by atoms with van der Waals surface area (Å²) in [6.07, 6.45) is -1.23. The van der Waals surface area contributed by atoms with Gasteiger partial charge in [0.25, 0.3) is 0 Å². The van der Waals surface area contributed by atoms with E-state index >= 15 is 0 Å². The van der Waals surface area contributed by atoms with Gasteiger partial charge in [0.05, 0.1) is 13.4 Å². The fraction of sp³-hybridized carbons (Fsp3) is 0.429. The monoisotopic (exact) mass is 274 g/mol. The standard InChI is InChI=1S/C14H15BO5/c1-18-8-19-11-7-10(15)12(16)13(11)20-14(17)9-5-3-2-4-6-9/h2-6,10-11,13H,7-8H2,1H3. The summed E-state index contributed by atoms with van der Waals surface area (Å²) in [5.74, 6) is -1.56. The SMILES string of the molecule is [B]C1CC(OCOC)C(OC(=O)c2ccccc2)C1=O. The summed E-state index contributed by atoms with van der Waals surface area (Å²) < 4.78 is 15.4. The zero-order valence-electron chi connectivity index (χ0n) is 11.2. The lowest BCUT2D eigenvalue weighted by atomic mass is 9.85. The Bertz CT molecular complexity index is 476. The van der Waals surface area contributed by atoms with Crippen LogP contribution >= 0.6 is 0 Å². The van der Waals surface area contributed by atoms with Gasteiger partial charge in [-0.2, -0.15) is 0 Å². The summed E-state index contributed by atoms with van der Waals surface area (Å²) in [7, 11) is 7.16. The molecule has 0 spiro atoms. The van der Waals surface area contributed by atoms with E-state index in [1.165, 1.54) is 7.11 Å². The van der Waals surface area contributed by atoms with Crippen molar-refractivity contribution in [3.8, 4) is 0 Å². The fourth-order valence-electron chi connectivity index (χ4n) is 2.09. The number of Topliss-reactive ketones (excluding diaryl/α,β-unsaturated/α-hetero) is 1. The molecule has 6 heteroatoms. The van der Waals surface area contributed by atoms with Gasteiger partial charge < -0.3 is 14.2 Å². The van der Waals surface area contributed by atoms with Gasteiger partial charge in [0.1, 0.15) is 12.9 Å². The molecule has 20 heavy (non-hydrogen) atoms. The smallest absolute Gasteiger partial charge is 0.338 e. The van der Waals surface area contributed by atoms with E-state index in [4.69, 9.17) is 22.1 Å². The van der Waals surface area contributed by atoms with Gasteiger partial charge in [-0.05, 0) is 24.4 Å². The van der Waals surface area contributed by atoms with Crippen LogP contribution in [0.5, 0.6) is 0 Å². The molecule has 1 fully saturated rings. The van der Waals surface area contributed by atoms with Gasteiger partial charge in [-0.3, -0.25) is 4.79 Å². The van der Waals surface area contributed by atoms with Crippen molar-refractivity contribution in [2.75, 3.05) is 13.9 Å². The number of esters is 1. The number of carbonyl (C=O) groups is 2. The lowest BCUT2D eigenvalue weighted by Crippen LogP contribution is -2.34. The van der Waals surface area contributed by atoms with E-state index in [1.54, 1.807) is 30.3 Å². The zero-order chi connectivity index (χ0) is 14.5. The summed E-state index contributed by atoms with van der Waals surface area (Å²) in [4.78, 5) is 23.9. The number of methoxy groups -OCH3 is 1. The number of ether oxygens (including phenoxy) is 3. The molecule has 1 aliphatic rings. The van der Waals surface area contributed by atoms with Gasteiger partial charge >= 0.3 is 5.97 Å². The van der Waals surface area contributed by atoms with Crippen molar-refractivity contribution in [2.45, 2.75) is 24.4 Å². The highest BCUT2D eigenvalue weighted by atomic mass is 16.7. The second-order valence-corrected chi connectivity index (χ2v) is 4.55. The number of rotatable bonds is 5. The molecule has 0 amide bonds. The van der Waals surface area contributed by atoms with Crippen LogP contribution in [-0.4, -0.2) is 45.7 Å². The van der Waals surface area contributed by atoms with E-state index in [-0.39, 0.29) is 12.6 Å². The van der Waals surface area contributed by atoms with E-state index in [2.05, 4.69) is 0 Å². The van der Waals surface area contributed by atoms with Gasteiger partial charge in [-0.1, -0.05) is 18.2 Å². The second kappa shape index (κ2) is 6.68. The molecule has 2 radical (unpaired) electrons. The third-order valence-corrected chi connectivity index (χ3v) is 3.11. The van der Waals surface area contributed by atoms with Gasteiger partial charge in [0.2, 0.25) is 0 Å². The highest BCUT2D eigenvalue weighted by molar-refractivity contribution is 6.26. The second-order valence-electron chi connectivity index (χ2n) is 4.55. The van der Waals surface area contributed by atoms with Crippen molar-refractivity contribution >= 4 is 19.6 Å². The van der Waals surface area contributed by atoms with Gasteiger partial charge in [0.15, 0.2) is 11.9 Å². The molecule has 1 aromatic carbocycles. The molecule has 0 N–H and O–H groups in total. The molecule has 0 saturated heterocycles. The van der Waals surface area contributed by atoms with Crippen LogP contribution in [0, 0.1) is 0 Å². The summed E-state index contributed by atoms with van der Waals surface area (Å²) in [5, 5.41) is 0. The Morgan fingerprint density at radius 3 is 2.70 bits per heavy atom. The van der Waals surface area contributed by atoms with Crippen molar-refractivity contribution < 1.29 is 23.8 Å². The minimum Gasteiger partial charge on any atom is -0.448 e. The van der Waals surface area contributed by atoms with Crippen LogP contribution in [0.3, 0.4) is 0 Å². The molecule has 3 atom stereocenters. The summed E-state index contributed by atoms with van der Waals surface area (Å²) in [6, 6.07) is 8.47. The molecule has 1 aliphatic carbocycles. The lowest BCUT2D eigenvalue weighted by Gasteiger charge is -2.19. The largest absolute Gasteiger partial charge is 0.448 e. The Morgan fingerprint density at radius 1 is 1.35 bits per heavy atom. The number of hydrogen-bond acceptors (Lipinski definition) is 5. The molecule has 0 aromatic heterocycles. The van der Waals surface area contributed by atoms with Crippen LogP contribution in [0.15, 0.2) is 30.3 Å². The molecule has 2 rings (SSSR count). The van der Waals surface area contributed by atoms with Crippen LogP contribution in [-0.2, 0) is 19.0 Å². The Labute approximate surface area is 118 Å². The quantitative estimate of drug-likeness (QED) is 0.457. The minimum absolute atomic E-state index is 0.0179. The van der Waals surface area contributed by atoms with Crippen LogP contribution in [0.25, 0.3) is 0 Å². The molecular weight excluding hydrogens is 259 g/mol. The van der Waals surface area contributed by atoms with Crippen LogP contribution in [0.2, 0.25) is 5.82 Å². The first-order chi connectivity index (χ1) is 9.63. The normalized spacial score (nSPS) is 25.6. The average Bonchev–Trinajstić information content (AvgIpc) is 2.73. The van der Waals surface area contributed by atoms with Crippen molar-refractivity contribution in [1.29, 1.82) is 0 Å². The topological polar surface area (TPSA) is 61.8 Å². The number of ketones is 1. The Hall–Kier alpha value is -1.66. The number of hydrogen-bond donors (Lipinski definition) is 0. The number of carbonyl (C=O) groups excluding carboxylic acids is 2. The Kier molecular flexibility index (Phi) is 4.92. The van der Waals surface area contributed by atoms with E-state index in [0.717, 1.165) is 0 Å². The van der Waals surface area contributed by atoms with Gasteiger partial charge in [0, 0.05) is 7.11 Å². The maximum atomic E-state index is 12.0. The van der Waals surface area contributed by atoms with Crippen molar-refractivity contribution in [3.05, 3.63) is 35.9 Å². The molecule has 3 unspecified atom stereocenters. The zero-order valence-corrected chi connectivity index (χ0v) is 11.2. The first-order valence-electron chi connectivity index (χ1n) is 6.29. The maximum Gasteiger partial charge on any atom is 0.338 e. The summed E-state index contributed by atoms with van der Waals surface area (Å²) >= 11 is 0. The average molecular weight is 274 g/mol. The number of benzene rings is 1. The molecule has 1 aromatic rings. The maximum absolute atomic E-state index is 12.0. The van der Waals surface area contributed by atoms with Crippen molar-refractivity contribution in [2.24, 2.45) is 0 Å². The highest BCUT2D eigenvalue weighted by Crippen LogP contribution is 2.30. The Morgan fingerprint density at radius 2 is 2.05 bits per heavy atom.